The van der Waals surface area contributed by atoms with E-state index in [0.717, 1.165) is 71.8 Å². The third-order valence-electron chi connectivity index (χ3n) is 16.6. The molecule has 4 aliphatic heterocycles. The highest BCUT2D eigenvalue weighted by Gasteiger charge is 2.40. The summed E-state index contributed by atoms with van der Waals surface area (Å²) in [5.41, 5.74) is -0.261. The molecule has 8 N–H and O–H groups in total. The molecule has 8 heterocycles. The highest BCUT2D eigenvalue weighted by atomic mass is 19.2. The maximum absolute atomic E-state index is 14.3. The second-order valence-electron chi connectivity index (χ2n) is 23.1. The van der Waals surface area contributed by atoms with Crippen molar-refractivity contribution in [2.45, 2.75) is 13.8 Å². The van der Waals surface area contributed by atoms with E-state index in [0.29, 0.717) is 12.1 Å². The molecule has 0 aliphatic carbocycles. The number of aliphatic imine (C=N–C) groups is 4. The molecule has 4 aliphatic rings. The summed E-state index contributed by atoms with van der Waals surface area (Å²) in [6.07, 6.45) is 0. The maximum atomic E-state index is 14.3. The fraction of sp³-hybridized carbons (Fsp3) is 0.0270. The molecule has 0 fully saturated rings. The Morgan fingerprint density at radius 2 is 0.625 bits per heavy atom. The number of carbonyl (C=O) groups is 4. The third kappa shape index (κ3) is 12.1. The van der Waals surface area contributed by atoms with Gasteiger partial charge >= 0.3 is 0 Å². The Bertz CT molecular complexity index is 5810. The van der Waals surface area contributed by atoms with Gasteiger partial charge in [-0.15, -0.1) is 0 Å². The highest BCUT2D eigenvalue weighted by Crippen LogP contribution is 2.44. The number of aromatic hydroxyl groups is 4. The van der Waals surface area contributed by atoms with Crippen LogP contribution >= 0.6 is 0 Å². The van der Waals surface area contributed by atoms with E-state index in [9.17, 15) is 101 Å². The number of halogens is 14. The molecular weight excluding hydrogens is 1390 g/mol. The van der Waals surface area contributed by atoms with Gasteiger partial charge in [0.25, 0.3) is 23.6 Å². The van der Waals surface area contributed by atoms with E-state index in [1.54, 1.807) is 38.1 Å². The number of nitrogens with one attached hydrogen (secondary N) is 4. The molecule has 0 bridgehead atoms. The van der Waals surface area contributed by atoms with E-state index in [1.165, 1.54) is 48.5 Å². The first-order valence-electron chi connectivity index (χ1n) is 30.1. The van der Waals surface area contributed by atoms with Crippen molar-refractivity contribution in [3.05, 3.63) is 305 Å². The number of hydrogen-bond acceptors (Lipinski definition) is 8. The fourth-order valence-electron chi connectivity index (χ4n) is 11.9. The summed E-state index contributed by atoms with van der Waals surface area (Å²) < 4.78 is 191. The normalized spacial score (nSPS) is 13.1. The number of nitrogens with zero attached hydrogens (tertiary/aromatic N) is 4. The summed E-state index contributed by atoms with van der Waals surface area (Å²) >= 11 is 0. The van der Waals surface area contributed by atoms with Crippen molar-refractivity contribution in [3.8, 4) is 68.5 Å². The molecule has 520 valence electrons. The molecule has 0 saturated heterocycles. The van der Waals surface area contributed by atoms with Gasteiger partial charge in [-0.05, 0) is 123 Å². The molecule has 4 aromatic heterocycles. The Morgan fingerprint density at radius 3 is 1.12 bits per heavy atom. The van der Waals surface area contributed by atoms with Gasteiger partial charge in [-0.3, -0.25) is 19.2 Å². The standard InChI is InChI=1S/C20H14F2N2O2.3C18H8F4N2O2/c1-9-3-5-13(21)11(7-9)17-15-16(20(26)23-17)18(24-19(15)25)12-8-10(2)4-6-14(12)22;19-7-1-3-9(11(21)5-7)15-13-14(18(26)23-15)16(24-17(13)25)10-4-2-8(20)6-12(10)22;19-9-3-1-7(5-11(9)21)15-13-14(18(26)23-15)16(24-17(13)25)8-2-4-10(20)12(22)6-8;19-9-5-1-3-7(13(9)21)15-11-12(18(26)23-15)16(24-17(11)25)8-4-2-6-10(20)14(8)22/h3-8,23,26H,1-2H3;3*1-6,23,26H. The molecule has 0 saturated carbocycles. The molecule has 12 aromatic rings. The molecular formula is C74H38F14N8O8. The molecule has 0 radical (unpaired) electrons. The Labute approximate surface area is 572 Å². The van der Waals surface area contributed by atoms with Crippen LogP contribution in [0.25, 0.3) is 45.0 Å². The Hall–Kier alpha value is -13.5. The second kappa shape index (κ2) is 26.5. The number of fused-ring (bicyclic) bond motifs is 4. The van der Waals surface area contributed by atoms with Crippen molar-refractivity contribution in [1.82, 2.24) is 19.9 Å². The van der Waals surface area contributed by atoms with Crippen molar-refractivity contribution in [2.24, 2.45) is 20.0 Å². The molecule has 0 unspecified atom stereocenters. The molecule has 0 atom stereocenters. The first-order valence-corrected chi connectivity index (χ1v) is 30.1. The number of hydrogen-bond donors (Lipinski definition) is 8. The predicted molar refractivity (Wildman–Crippen MR) is 346 cm³/mol. The minimum Gasteiger partial charge on any atom is -0.494 e. The van der Waals surface area contributed by atoms with Crippen LogP contribution in [0.3, 0.4) is 0 Å². The van der Waals surface area contributed by atoms with Crippen LogP contribution in [0.1, 0.15) is 97.1 Å². The van der Waals surface area contributed by atoms with Crippen LogP contribution in [-0.4, -0.2) is 86.8 Å². The van der Waals surface area contributed by atoms with Gasteiger partial charge in [-0.25, -0.2) is 81.4 Å². The van der Waals surface area contributed by atoms with E-state index >= 15 is 0 Å². The Balaban J connectivity index is 0.000000123. The summed E-state index contributed by atoms with van der Waals surface area (Å²) in [6.45, 7) is 3.57. The zero-order valence-corrected chi connectivity index (χ0v) is 52.4. The van der Waals surface area contributed by atoms with Gasteiger partial charge in [0, 0.05) is 56.6 Å². The summed E-state index contributed by atoms with van der Waals surface area (Å²) in [6, 6.07) is 26.8. The summed E-state index contributed by atoms with van der Waals surface area (Å²) in [5.74, 6) is -18.9. The second-order valence-corrected chi connectivity index (χ2v) is 23.1. The van der Waals surface area contributed by atoms with E-state index in [4.69, 9.17) is 0 Å². The number of aromatic amines is 4. The van der Waals surface area contributed by atoms with Gasteiger partial charge in [0.15, 0.2) is 70.1 Å². The number of benzene rings is 8. The van der Waals surface area contributed by atoms with Crippen LogP contribution in [0.15, 0.2) is 166 Å². The van der Waals surface area contributed by atoms with Gasteiger partial charge in [-0.1, -0.05) is 35.4 Å². The van der Waals surface area contributed by atoms with Gasteiger partial charge in [0.05, 0.1) is 90.1 Å². The molecule has 0 spiro atoms. The van der Waals surface area contributed by atoms with Crippen LogP contribution in [0.4, 0.5) is 61.5 Å². The largest absolute Gasteiger partial charge is 0.494 e. The van der Waals surface area contributed by atoms with Crippen molar-refractivity contribution < 1.29 is 101 Å². The smallest absolute Gasteiger partial charge is 0.280 e. The van der Waals surface area contributed by atoms with Crippen LogP contribution in [0.2, 0.25) is 0 Å². The minimum absolute atomic E-state index is 0.0132. The van der Waals surface area contributed by atoms with E-state index in [1.807, 2.05) is 0 Å². The number of carbonyl (C=O) groups excluding carboxylic acids is 4. The molecule has 8 aromatic carbocycles. The van der Waals surface area contributed by atoms with Crippen molar-refractivity contribution in [1.29, 1.82) is 0 Å². The fourth-order valence-corrected chi connectivity index (χ4v) is 11.9. The van der Waals surface area contributed by atoms with Crippen LogP contribution < -0.4 is 0 Å². The molecule has 30 heteroatoms. The zero-order chi connectivity index (χ0) is 74.3. The van der Waals surface area contributed by atoms with E-state index in [-0.39, 0.29) is 141 Å². The number of H-pyrrole nitrogens is 4. The summed E-state index contributed by atoms with van der Waals surface area (Å²) in [5, 5.41) is 40.9. The van der Waals surface area contributed by atoms with Gasteiger partial charge in [-0.2, -0.15) is 0 Å². The average molecular weight is 1430 g/mol. The van der Waals surface area contributed by atoms with Crippen LogP contribution in [-0.2, 0) is 0 Å². The highest BCUT2D eigenvalue weighted by molar-refractivity contribution is 6.33. The maximum Gasteiger partial charge on any atom is 0.280 e. The van der Waals surface area contributed by atoms with Gasteiger partial charge in [0.2, 0.25) is 0 Å². The molecule has 16 rings (SSSR count). The van der Waals surface area contributed by atoms with Crippen LogP contribution in [0, 0.1) is 95.3 Å². The summed E-state index contributed by atoms with van der Waals surface area (Å²) in [4.78, 5) is 74.5. The lowest BCUT2D eigenvalue weighted by Crippen LogP contribution is -2.05. The lowest BCUT2D eigenvalue weighted by atomic mass is 9.98. The number of aromatic nitrogens is 4. The zero-order valence-electron chi connectivity index (χ0n) is 52.4. The first-order chi connectivity index (χ1) is 49.5. The number of amides is 4. The van der Waals surface area contributed by atoms with Gasteiger partial charge in [0.1, 0.15) is 34.9 Å². The number of aryl methyl sites for hydroxylation is 2. The lowest BCUT2D eigenvalue weighted by molar-refractivity contribution is 0.0998. The Kier molecular flexibility index (Phi) is 17.6. The SMILES string of the molecule is Cc1ccc(F)c(C2=NC(=O)c3c(-c4cc(C)ccc4F)[nH]c(O)c32)c1.O=C1N=C(c2ccc(F)c(F)c2)c2c(O)[nH]c(-c3ccc(F)c(F)c3)c21.O=C1N=C(c2ccc(F)cc2F)c2c(O)[nH]c(-c3ccc(F)cc3F)c21.O=C1N=C(c2cccc(F)c2F)c2c(O)[nH]c(-c3cccc(F)c3F)c21. The van der Waals surface area contributed by atoms with E-state index in [2.05, 4.69) is 39.9 Å². The first kappa shape index (κ1) is 69.0. The van der Waals surface area contributed by atoms with Crippen molar-refractivity contribution in [2.75, 3.05) is 0 Å². The van der Waals surface area contributed by atoms with Crippen molar-refractivity contribution >= 4 is 46.5 Å². The van der Waals surface area contributed by atoms with Crippen molar-refractivity contribution in [3.63, 3.8) is 0 Å². The molecule has 16 nitrogen and oxygen atoms in total. The summed E-state index contributed by atoms with van der Waals surface area (Å²) in [7, 11) is 0. The average Bonchev–Trinajstić information content (AvgIpc) is 1.61. The number of rotatable bonds is 8. The van der Waals surface area contributed by atoms with E-state index < -0.39 is 123 Å². The minimum atomic E-state index is -1.24. The topological polar surface area (TPSA) is 262 Å². The monoisotopic (exact) mass is 1430 g/mol. The lowest BCUT2D eigenvalue weighted by Gasteiger charge is -2.04. The molecule has 104 heavy (non-hydrogen) atoms. The quantitative estimate of drug-likeness (QED) is 0.0677. The van der Waals surface area contributed by atoms with Crippen LogP contribution in [0.5, 0.6) is 23.5 Å². The molecule has 4 amide bonds. The third-order valence-corrected chi connectivity index (χ3v) is 16.6. The Morgan fingerprint density at radius 1 is 0.269 bits per heavy atom. The predicted octanol–water partition coefficient (Wildman–Crippen LogP) is 16.1. The van der Waals surface area contributed by atoms with Gasteiger partial charge < -0.3 is 40.4 Å².